The summed E-state index contributed by atoms with van der Waals surface area (Å²) in [6, 6.07) is 6.09. The number of Topliss-reactive ketones (excluding diaryl/α,β-unsaturated/α-hetero) is 1. The molecule has 1 N–H and O–H groups in total. The first-order valence-electron chi connectivity index (χ1n) is 5.76. The highest BCUT2D eigenvalue weighted by Crippen LogP contribution is 2.22. The van der Waals surface area contributed by atoms with Gasteiger partial charge >= 0.3 is 0 Å². The predicted molar refractivity (Wildman–Crippen MR) is 74.4 cm³/mol. The lowest BCUT2D eigenvalue weighted by Gasteiger charge is -2.15. The number of phenols is 1. The Kier molecular flexibility index (Phi) is 4.16. The molecule has 1 aliphatic carbocycles. The van der Waals surface area contributed by atoms with Gasteiger partial charge in [0.05, 0.1) is 5.56 Å². The number of rotatable bonds is 3. The van der Waals surface area contributed by atoms with Crippen molar-refractivity contribution in [3.63, 3.8) is 0 Å². The summed E-state index contributed by atoms with van der Waals surface area (Å²) in [5, 5.41) is 9.66. The van der Waals surface area contributed by atoms with Gasteiger partial charge in [-0.15, -0.1) is 0 Å². The van der Waals surface area contributed by atoms with Crippen LogP contribution in [0.4, 0.5) is 0 Å². The highest BCUT2D eigenvalue weighted by atomic mass is 32.2. The molecule has 0 saturated carbocycles. The van der Waals surface area contributed by atoms with Crippen molar-refractivity contribution in [3.8, 4) is 5.75 Å². The number of hydrogen-bond acceptors (Lipinski definition) is 5. The fourth-order valence-electron chi connectivity index (χ4n) is 1.87. The van der Waals surface area contributed by atoms with E-state index in [1.165, 1.54) is 37.5 Å². The van der Waals surface area contributed by atoms with E-state index < -0.39 is 22.2 Å². The van der Waals surface area contributed by atoms with Crippen LogP contribution in [0.3, 0.4) is 0 Å². The Hall–Kier alpha value is -2.18. The number of ketones is 1. The molecule has 20 heavy (non-hydrogen) atoms. The van der Waals surface area contributed by atoms with Gasteiger partial charge in [0.2, 0.25) is 10.3 Å². The van der Waals surface area contributed by atoms with Crippen molar-refractivity contribution in [2.45, 2.75) is 6.10 Å². The van der Waals surface area contributed by atoms with Crippen LogP contribution in [0, 0.1) is 0 Å². The summed E-state index contributed by atoms with van der Waals surface area (Å²) >= 11 is 0. The van der Waals surface area contributed by atoms with E-state index in [0.717, 1.165) is 0 Å². The number of phenolic OH excluding ortho intramolecular Hbond substituents is 1. The van der Waals surface area contributed by atoms with Gasteiger partial charge in [-0.1, -0.05) is 18.2 Å². The highest BCUT2D eigenvalue weighted by molar-refractivity contribution is 7.73. The van der Waals surface area contributed by atoms with Crippen LogP contribution in [-0.4, -0.2) is 37.4 Å². The second-order valence-electron chi connectivity index (χ2n) is 4.10. The van der Waals surface area contributed by atoms with Crippen LogP contribution in [0.25, 0.3) is 0 Å². The Morgan fingerprint density at radius 3 is 2.60 bits per heavy atom. The van der Waals surface area contributed by atoms with Crippen molar-refractivity contribution in [1.29, 1.82) is 0 Å². The number of carbonyl (C=O) groups is 1. The molecule has 1 aromatic rings. The van der Waals surface area contributed by atoms with Crippen molar-refractivity contribution in [2.75, 3.05) is 7.11 Å². The van der Waals surface area contributed by atoms with Gasteiger partial charge in [0, 0.05) is 12.7 Å². The van der Waals surface area contributed by atoms with Crippen LogP contribution >= 0.6 is 0 Å². The maximum absolute atomic E-state index is 12.2. The summed E-state index contributed by atoms with van der Waals surface area (Å²) in [7, 11) is -1.10. The minimum Gasteiger partial charge on any atom is -0.507 e. The minimum absolute atomic E-state index is 0.0197. The van der Waals surface area contributed by atoms with Crippen LogP contribution in [0.5, 0.6) is 5.75 Å². The molecular weight excluding hydrogens is 280 g/mol. The smallest absolute Gasteiger partial charge is 0.220 e. The van der Waals surface area contributed by atoms with Gasteiger partial charge in [0.25, 0.3) is 0 Å². The number of allylic oxidation sites excluding steroid dienone is 2. The molecule has 1 aromatic carbocycles. The molecular formula is C14H12O5S. The molecule has 0 heterocycles. The molecule has 104 valence electrons. The first-order chi connectivity index (χ1) is 9.54. The second-order valence-corrected chi connectivity index (χ2v) is 5.04. The zero-order chi connectivity index (χ0) is 14.7. The first-order valence-corrected chi connectivity index (χ1v) is 6.83. The summed E-state index contributed by atoms with van der Waals surface area (Å²) in [5.74, 6) is -0.595. The molecule has 6 heteroatoms. The minimum atomic E-state index is -2.48. The molecule has 0 saturated heterocycles. The van der Waals surface area contributed by atoms with E-state index in [0.29, 0.717) is 0 Å². The molecule has 1 aliphatic rings. The fraction of sp³-hybridized carbons (Fsp3) is 0.143. The van der Waals surface area contributed by atoms with Gasteiger partial charge in [-0.25, -0.2) is 0 Å². The Balaban J connectivity index is 2.45. The van der Waals surface area contributed by atoms with E-state index in [2.05, 4.69) is 0 Å². The summed E-state index contributed by atoms with van der Waals surface area (Å²) < 4.78 is 27.3. The molecule has 0 spiro atoms. The molecule has 0 bridgehead atoms. The third kappa shape index (κ3) is 2.71. The Bertz CT molecular complexity index is 733. The van der Waals surface area contributed by atoms with Crippen LogP contribution in [0.1, 0.15) is 10.4 Å². The van der Waals surface area contributed by atoms with E-state index in [1.54, 1.807) is 12.1 Å². The maximum Gasteiger partial charge on any atom is 0.220 e. The van der Waals surface area contributed by atoms with Gasteiger partial charge in [-0.2, -0.15) is 8.42 Å². The molecule has 0 aromatic heterocycles. The fourth-order valence-corrected chi connectivity index (χ4v) is 2.46. The van der Waals surface area contributed by atoms with Crippen LogP contribution in [0.15, 0.2) is 48.1 Å². The number of methoxy groups -OCH3 is 1. The lowest BCUT2D eigenvalue weighted by atomic mass is 9.96. The summed E-state index contributed by atoms with van der Waals surface area (Å²) in [6.07, 6.45) is 3.53. The normalized spacial score (nSPS) is 17.8. The third-order valence-corrected chi connectivity index (χ3v) is 3.62. The highest BCUT2D eigenvalue weighted by Gasteiger charge is 2.22. The molecule has 0 amide bonds. The largest absolute Gasteiger partial charge is 0.507 e. The molecule has 2 rings (SSSR count). The third-order valence-electron chi connectivity index (χ3n) is 2.89. The van der Waals surface area contributed by atoms with Crippen LogP contribution in [0.2, 0.25) is 0 Å². The van der Waals surface area contributed by atoms with Crippen molar-refractivity contribution < 1.29 is 23.1 Å². The van der Waals surface area contributed by atoms with Crippen LogP contribution < -0.4 is 0 Å². The number of benzene rings is 1. The SMILES string of the molecule is COC1C=CC(C(=O)c2ccccc2O)=CC1=S(=O)=O. The molecule has 0 radical (unpaired) electrons. The Labute approximate surface area is 117 Å². The molecule has 0 fully saturated rings. The standard InChI is InChI=1S/C14H12O5S/c1-19-12-7-6-9(8-13(12)20(17)18)14(16)10-4-2-3-5-11(10)15/h2-8,12,15H,1H3. The summed E-state index contributed by atoms with van der Waals surface area (Å²) in [4.78, 5) is 12.2. The van der Waals surface area contributed by atoms with E-state index in [1.807, 2.05) is 0 Å². The second kappa shape index (κ2) is 5.85. The van der Waals surface area contributed by atoms with Gasteiger partial charge in [0.15, 0.2) is 5.78 Å². The number of ether oxygens (including phenoxy) is 1. The van der Waals surface area contributed by atoms with E-state index in [4.69, 9.17) is 4.74 Å². The predicted octanol–water partition coefficient (Wildman–Crippen LogP) is 1.14. The van der Waals surface area contributed by atoms with E-state index >= 15 is 0 Å². The lowest BCUT2D eigenvalue weighted by molar-refractivity contribution is 0.103. The topological polar surface area (TPSA) is 80.7 Å². The number of hydrogen-bond donors (Lipinski definition) is 1. The van der Waals surface area contributed by atoms with Crippen LogP contribution in [-0.2, 0) is 15.0 Å². The monoisotopic (exact) mass is 292 g/mol. The van der Waals surface area contributed by atoms with Gasteiger partial charge in [0.1, 0.15) is 16.7 Å². The van der Waals surface area contributed by atoms with Crippen molar-refractivity contribution in [1.82, 2.24) is 0 Å². The van der Waals surface area contributed by atoms with E-state index in [9.17, 15) is 18.3 Å². The van der Waals surface area contributed by atoms with Gasteiger partial charge in [-0.3, -0.25) is 4.79 Å². The van der Waals surface area contributed by atoms with E-state index in [-0.39, 0.29) is 21.8 Å². The molecule has 5 nitrogen and oxygen atoms in total. The van der Waals surface area contributed by atoms with Gasteiger partial charge in [-0.05, 0) is 24.3 Å². The zero-order valence-corrected chi connectivity index (χ0v) is 11.4. The number of aromatic hydroxyl groups is 1. The summed E-state index contributed by atoms with van der Waals surface area (Å²) in [6.45, 7) is 0. The first kappa shape index (κ1) is 14.2. The average Bonchev–Trinajstić information content (AvgIpc) is 2.46. The Morgan fingerprint density at radius 1 is 1.30 bits per heavy atom. The summed E-state index contributed by atoms with van der Waals surface area (Å²) in [5.41, 5.74) is 0.300. The number of para-hydroxylation sites is 1. The van der Waals surface area contributed by atoms with Crippen molar-refractivity contribution in [2.24, 2.45) is 0 Å². The number of carbonyl (C=O) groups excluding carboxylic acids is 1. The van der Waals surface area contributed by atoms with Gasteiger partial charge < -0.3 is 9.84 Å². The Morgan fingerprint density at radius 2 is 2.00 bits per heavy atom. The molecule has 0 aliphatic heterocycles. The zero-order valence-electron chi connectivity index (χ0n) is 10.6. The lowest BCUT2D eigenvalue weighted by Crippen LogP contribution is -2.24. The van der Waals surface area contributed by atoms with Crippen molar-refractivity contribution in [3.05, 3.63) is 53.6 Å². The maximum atomic E-state index is 12.2. The average molecular weight is 292 g/mol. The van der Waals surface area contributed by atoms with Crippen molar-refractivity contribution >= 4 is 20.9 Å². The molecule has 1 unspecified atom stereocenters. The quantitative estimate of drug-likeness (QED) is 0.667. The molecule has 1 atom stereocenters.